The molecule has 1 aliphatic carbocycles. The Morgan fingerprint density at radius 1 is 1.50 bits per heavy atom. The van der Waals surface area contributed by atoms with Gasteiger partial charge in [-0.25, -0.2) is 0 Å². The quantitative estimate of drug-likeness (QED) is 0.784. The van der Waals surface area contributed by atoms with Gasteiger partial charge < -0.3 is 11.1 Å². The van der Waals surface area contributed by atoms with Crippen LogP contribution in [-0.2, 0) is 0 Å². The summed E-state index contributed by atoms with van der Waals surface area (Å²) in [6, 6.07) is 2.14. The van der Waals surface area contributed by atoms with Crippen molar-refractivity contribution in [3.63, 3.8) is 0 Å². The first-order valence-electron chi connectivity index (χ1n) is 4.91. The molecule has 1 amide bonds. The van der Waals surface area contributed by atoms with Gasteiger partial charge in [0.1, 0.15) is 4.88 Å². The average Bonchev–Trinajstić information content (AvgIpc) is 2.75. The largest absolute Gasteiger partial charge is 0.397 e. The number of anilines is 1. The molecule has 1 heterocycles. The second-order valence-electron chi connectivity index (χ2n) is 3.66. The fourth-order valence-corrected chi connectivity index (χ4v) is 2.55. The molecule has 0 saturated heterocycles. The minimum atomic E-state index is -0.00981. The third-order valence-corrected chi connectivity index (χ3v) is 3.52. The second kappa shape index (κ2) is 4.00. The van der Waals surface area contributed by atoms with Gasteiger partial charge in [-0.2, -0.15) is 0 Å². The summed E-state index contributed by atoms with van der Waals surface area (Å²) < 4.78 is 0. The lowest BCUT2D eigenvalue weighted by molar-refractivity contribution is 0.0943. The number of carbonyl (C=O) groups is 1. The molecular formula is C10H14N2OS. The zero-order chi connectivity index (χ0) is 9.97. The summed E-state index contributed by atoms with van der Waals surface area (Å²) in [5.41, 5.74) is 6.25. The van der Waals surface area contributed by atoms with E-state index >= 15 is 0 Å². The summed E-state index contributed by atoms with van der Waals surface area (Å²) >= 11 is 1.40. The number of hydrogen-bond donors (Lipinski definition) is 2. The minimum absolute atomic E-state index is 0.00981. The predicted octanol–water partition coefficient (Wildman–Crippen LogP) is 2.00. The van der Waals surface area contributed by atoms with Crippen LogP contribution in [-0.4, -0.2) is 11.9 Å². The Balaban J connectivity index is 1.98. The van der Waals surface area contributed by atoms with E-state index in [1.807, 2.05) is 5.38 Å². The number of thiophene rings is 1. The van der Waals surface area contributed by atoms with Crippen molar-refractivity contribution in [2.45, 2.75) is 31.7 Å². The summed E-state index contributed by atoms with van der Waals surface area (Å²) in [6.07, 6.45) is 4.67. The molecule has 1 fully saturated rings. The van der Waals surface area contributed by atoms with Gasteiger partial charge in [0.2, 0.25) is 0 Å². The first-order chi connectivity index (χ1) is 6.77. The van der Waals surface area contributed by atoms with E-state index in [-0.39, 0.29) is 5.91 Å². The van der Waals surface area contributed by atoms with Gasteiger partial charge in [0.05, 0.1) is 5.69 Å². The number of amides is 1. The average molecular weight is 210 g/mol. The highest BCUT2D eigenvalue weighted by Crippen LogP contribution is 2.21. The molecule has 0 aromatic carbocycles. The SMILES string of the molecule is Nc1ccsc1C(=O)NC1CCCC1. The molecule has 2 rings (SSSR count). The van der Waals surface area contributed by atoms with E-state index in [0.717, 1.165) is 12.8 Å². The Bertz CT molecular complexity index is 329. The van der Waals surface area contributed by atoms with Crippen molar-refractivity contribution in [1.82, 2.24) is 5.32 Å². The van der Waals surface area contributed by atoms with Gasteiger partial charge in [-0.3, -0.25) is 4.79 Å². The number of hydrogen-bond acceptors (Lipinski definition) is 3. The van der Waals surface area contributed by atoms with E-state index in [1.54, 1.807) is 6.07 Å². The molecule has 3 nitrogen and oxygen atoms in total. The molecule has 1 aliphatic rings. The fraction of sp³-hybridized carbons (Fsp3) is 0.500. The van der Waals surface area contributed by atoms with Crippen molar-refractivity contribution < 1.29 is 4.79 Å². The van der Waals surface area contributed by atoms with E-state index in [0.29, 0.717) is 16.6 Å². The van der Waals surface area contributed by atoms with Gasteiger partial charge in [-0.05, 0) is 24.3 Å². The van der Waals surface area contributed by atoms with E-state index < -0.39 is 0 Å². The monoisotopic (exact) mass is 210 g/mol. The Morgan fingerprint density at radius 2 is 2.21 bits per heavy atom. The first-order valence-corrected chi connectivity index (χ1v) is 5.79. The maximum Gasteiger partial charge on any atom is 0.263 e. The van der Waals surface area contributed by atoms with Crippen molar-refractivity contribution in [3.05, 3.63) is 16.3 Å². The van der Waals surface area contributed by atoms with Crippen molar-refractivity contribution >= 4 is 22.9 Å². The van der Waals surface area contributed by atoms with Gasteiger partial charge in [0, 0.05) is 6.04 Å². The van der Waals surface area contributed by atoms with Gasteiger partial charge in [-0.15, -0.1) is 11.3 Å². The Kier molecular flexibility index (Phi) is 2.72. The molecule has 76 valence electrons. The van der Waals surface area contributed by atoms with E-state index in [2.05, 4.69) is 5.32 Å². The van der Waals surface area contributed by atoms with Crippen molar-refractivity contribution in [1.29, 1.82) is 0 Å². The summed E-state index contributed by atoms with van der Waals surface area (Å²) in [7, 11) is 0. The summed E-state index contributed by atoms with van der Waals surface area (Å²) in [5, 5.41) is 4.86. The van der Waals surface area contributed by atoms with Gasteiger partial charge in [0.15, 0.2) is 0 Å². The number of nitrogens with one attached hydrogen (secondary N) is 1. The van der Waals surface area contributed by atoms with E-state index in [4.69, 9.17) is 5.73 Å². The maximum absolute atomic E-state index is 11.7. The standard InChI is InChI=1S/C10H14N2OS/c11-8-5-6-14-9(8)10(13)12-7-3-1-2-4-7/h5-7H,1-4,11H2,(H,12,13). The van der Waals surface area contributed by atoms with Crippen molar-refractivity contribution in [2.75, 3.05) is 5.73 Å². The number of carbonyl (C=O) groups excluding carboxylic acids is 1. The fourth-order valence-electron chi connectivity index (χ4n) is 1.82. The molecule has 1 saturated carbocycles. The predicted molar refractivity (Wildman–Crippen MR) is 58.5 cm³/mol. The highest BCUT2D eigenvalue weighted by atomic mass is 32.1. The van der Waals surface area contributed by atoms with Crippen LogP contribution < -0.4 is 11.1 Å². The lowest BCUT2D eigenvalue weighted by Crippen LogP contribution is -2.32. The molecule has 0 unspecified atom stereocenters. The molecule has 14 heavy (non-hydrogen) atoms. The van der Waals surface area contributed by atoms with Crippen LogP contribution in [0.4, 0.5) is 5.69 Å². The summed E-state index contributed by atoms with van der Waals surface area (Å²) in [5.74, 6) is -0.00981. The maximum atomic E-state index is 11.7. The van der Waals surface area contributed by atoms with Crippen LogP contribution >= 0.6 is 11.3 Å². The number of nitrogens with two attached hydrogens (primary N) is 1. The van der Waals surface area contributed by atoms with Crippen LogP contribution in [0, 0.1) is 0 Å². The molecule has 1 aromatic rings. The molecule has 0 spiro atoms. The Hall–Kier alpha value is -1.03. The highest BCUT2D eigenvalue weighted by Gasteiger charge is 2.19. The van der Waals surface area contributed by atoms with Crippen LogP contribution in [0.15, 0.2) is 11.4 Å². The van der Waals surface area contributed by atoms with E-state index in [1.165, 1.54) is 24.2 Å². The van der Waals surface area contributed by atoms with Gasteiger partial charge >= 0.3 is 0 Å². The van der Waals surface area contributed by atoms with Crippen LogP contribution in [0.1, 0.15) is 35.4 Å². The third-order valence-electron chi connectivity index (χ3n) is 2.59. The zero-order valence-electron chi connectivity index (χ0n) is 7.95. The van der Waals surface area contributed by atoms with Crippen molar-refractivity contribution in [2.24, 2.45) is 0 Å². The summed E-state index contributed by atoms with van der Waals surface area (Å²) in [4.78, 5) is 12.4. The third kappa shape index (κ3) is 1.90. The van der Waals surface area contributed by atoms with Crippen LogP contribution in [0.25, 0.3) is 0 Å². The zero-order valence-corrected chi connectivity index (χ0v) is 8.77. The normalized spacial score (nSPS) is 17.1. The first kappa shape index (κ1) is 9.52. The van der Waals surface area contributed by atoms with Gasteiger partial charge in [-0.1, -0.05) is 12.8 Å². The number of nitrogen functional groups attached to an aromatic ring is 1. The van der Waals surface area contributed by atoms with Gasteiger partial charge in [0.25, 0.3) is 5.91 Å². The Labute approximate surface area is 87.3 Å². The molecule has 1 aromatic heterocycles. The molecule has 3 N–H and O–H groups in total. The summed E-state index contributed by atoms with van der Waals surface area (Å²) in [6.45, 7) is 0. The molecule has 0 radical (unpaired) electrons. The lowest BCUT2D eigenvalue weighted by atomic mass is 10.2. The highest BCUT2D eigenvalue weighted by molar-refractivity contribution is 7.12. The molecular weight excluding hydrogens is 196 g/mol. The van der Waals surface area contributed by atoms with Crippen LogP contribution in [0.2, 0.25) is 0 Å². The van der Waals surface area contributed by atoms with Crippen molar-refractivity contribution in [3.8, 4) is 0 Å². The smallest absolute Gasteiger partial charge is 0.263 e. The minimum Gasteiger partial charge on any atom is -0.397 e. The molecule has 0 atom stereocenters. The Morgan fingerprint density at radius 3 is 2.79 bits per heavy atom. The second-order valence-corrected chi connectivity index (χ2v) is 4.58. The molecule has 0 bridgehead atoms. The molecule has 4 heteroatoms. The lowest BCUT2D eigenvalue weighted by Gasteiger charge is -2.10. The molecule has 0 aliphatic heterocycles. The number of rotatable bonds is 2. The van der Waals surface area contributed by atoms with E-state index in [9.17, 15) is 4.79 Å². The van der Waals surface area contributed by atoms with Crippen LogP contribution in [0.5, 0.6) is 0 Å². The topological polar surface area (TPSA) is 55.1 Å². The van der Waals surface area contributed by atoms with Crippen LogP contribution in [0.3, 0.4) is 0 Å².